The highest BCUT2D eigenvalue weighted by atomic mass is 16.5. The first-order chi connectivity index (χ1) is 10.1. The van der Waals surface area contributed by atoms with Crippen LogP contribution in [-0.2, 0) is 11.3 Å². The number of nitrogens with one attached hydrogen (secondary N) is 1. The Kier molecular flexibility index (Phi) is 6.27. The van der Waals surface area contributed by atoms with Gasteiger partial charge >= 0.3 is 0 Å². The summed E-state index contributed by atoms with van der Waals surface area (Å²) in [6.45, 7) is 15.0. The van der Waals surface area contributed by atoms with Gasteiger partial charge in [-0.05, 0) is 30.6 Å². The largest absolute Gasteiger partial charge is 0.374 e. The minimum atomic E-state index is 0.315. The van der Waals surface area contributed by atoms with Gasteiger partial charge in [-0.3, -0.25) is 4.90 Å². The molecule has 4 heteroatoms. The van der Waals surface area contributed by atoms with E-state index in [1.807, 2.05) is 0 Å². The Morgan fingerprint density at radius 1 is 1.38 bits per heavy atom. The van der Waals surface area contributed by atoms with Gasteiger partial charge in [-0.25, -0.2) is 0 Å². The van der Waals surface area contributed by atoms with Crippen LogP contribution >= 0.6 is 0 Å². The fourth-order valence-electron chi connectivity index (χ4n) is 3.13. The van der Waals surface area contributed by atoms with E-state index in [-0.39, 0.29) is 0 Å². The second-order valence-corrected chi connectivity index (χ2v) is 6.31. The van der Waals surface area contributed by atoms with Crippen molar-refractivity contribution in [2.24, 2.45) is 5.92 Å². The summed E-state index contributed by atoms with van der Waals surface area (Å²) >= 11 is 0. The highest BCUT2D eigenvalue weighted by Crippen LogP contribution is 2.22. The molecule has 2 atom stereocenters. The van der Waals surface area contributed by atoms with Gasteiger partial charge in [0.15, 0.2) is 0 Å². The molecule has 0 spiro atoms. The van der Waals surface area contributed by atoms with Crippen LogP contribution in [-0.4, -0.2) is 48.4 Å². The van der Waals surface area contributed by atoms with Crippen LogP contribution < -0.4 is 5.32 Å². The maximum Gasteiger partial charge on any atom is 0.0880 e. The summed E-state index contributed by atoms with van der Waals surface area (Å²) in [5.74, 6) is 0.599. The maximum absolute atomic E-state index is 5.90. The summed E-state index contributed by atoms with van der Waals surface area (Å²) < 4.78 is 8.18. The standard InChI is InChI=1S/C17H31N3O/c1-5-18-17(14(3)4)15-7-8-20(11-15)13-16-12-19(6-2)9-10-21-16/h7-8,11,14,16-18H,5-6,9-10,12-13H2,1-4H3. The number of rotatable bonds is 7. The summed E-state index contributed by atoms with van der Waals surface area (Å²) in [5, 5.41) is 3.58. The van der Waals surface area contributed by atoms with E-state index in [9.17, 15) is 0 Å². The van der Waals surface area contributed by atoms with Gasteiger partial charge in [0.2, 0.25) is 0 Å². The average Bonchev–Trinajstić information content (AvgIpc) is 2.92. The first-order valence-electron chi connectivity index (χ1n) is 8.37. The predicted octanol–water partition coefficient (Wildman–Crippen LogP) is 2.52. The van der Waals surface area contributed by atoms with Crippen molar-refractivity contribution in [2.75, 3.05) is 32.8 Å². The number of ether oxygens (including phenoxy) is 1. The van der Waals surface area contributed by atoms with E-state index in [1.54, 1.807) is 0 Å². The molecule has 2 rings (SSSR count). The number of hydrogen-bond donors (Lipinski definition) is 1. The lowest BCUT2D eigenvalue weighted by Crippen LogP contribution is -2.43. The molecular weight excluding hydrogens is 262 g/mol. The fourth-order valence-corrected chi connectivity index (χ4v) is 3.13. The molecule has 120 valence electrons. The smallest absolute Gasteiger partial charge is 0.0880 e. The Balaban J connectivity index is 1.96. The summed E-state index contributed by atoms with van der Waals surface area (Å²) in [4.78, 5) is 2.47. The molecule has 0 aliphatic carbocycles. The molecule has 2 unspecified atom stereocenters. The molecule has 1 aliphatic rings. The SMILES string of the molecule is CCNC(c1ccn(CC2CN(CC)CCO2)c1)C(C)C. The maximum atomic E-state index is 5.90. The molecule has 4 nitrogen and oxygen atoms in total. The second kappa shape index (κ2) is 7.97. The minimum absolute atomic E-state index is 0.315. The van der Waals surface area contributed by atoms with Crippen LogP contribution in [0.2, 0.25) is 0 Å². The molecule has 1 saturated heterocycles. The normalized spacial score (nSPS) is 21.9. The molecule has 0 radical (unpaired) electrons. The lowest BCUT2D eigenvalue weighted by molar-refractivity contribution is -0.0342. The third-order valence-electron chi connectivity index (χ3n) is 4.31. The molecule has 0 aromatic carbocycles. The van der Waals surface area contributed by atoms with E-state index >= 15 is 0 Å². The van der Waals surface area contributed by atoms with Gasteiger partial charge in [-0.1, -0.05) is 27.7 Å². The van der Waals surface area contributed by atoms with Gasteiger partial charge in [-0.2, -0.15) is 0 Å². The van der Waals surface area contributed by atoms with Gasteiger partial charge in [0.05, 0.1) is 12.7 Å². The first kappa shape index (κ1) is 16.5. The van der Waals surface area contributed by atoms with Crippen LogP contribution in [0.5, 0.6) is 0 Å². The first-order valence-corrected chi connectivity index (χ1v) is 8.37. The van der Waals surface area contributed by atoms with Crippen molar-refractivity contribution in [3.8, 4) is 0 Å². The van der Waals surface area contributed by atoms with Gasteiger partial charge in [-0.15, -0.1) is 0 Å². The Labute approximate surface area is 129 Å². The van der Waals surface area contributed by atoms with Crippen LogP contribution in [0.4, 0.5) is 0 Å². The monoisotopic (exact) mass is 293 g/mol. The summed E-state index contributed by atoms with van der Waals surface area (Å²) in [6.07, 6.45) is 4.79. The van der Waals surface area contributed by atoms with Gasteiger partial charge < -0.3 is 14.6 Å². The second-order valence-electron chi connectivity index (χ2n) is 6.31. The van der Waals surface area contributed by atoms with Crippen molar-refractivity contribution in [2.45, 2.75) is 46.4 Å². The molecule has 1 N–H and O–H groups in total. The van der Waals surface area contributed by atoms with Gasteiger partial charge in [0.25, 0.3) is 0 Å². The van der Waals surface area contributed by atoms with E-state index in [1.165, 1.54) is 5.56 Å². The Hall–Kier alpha value is -0.840. The van der Waals surface area contributed by atoms with E-state index < -0.39 is 0 Å². The predicted molar refractivity (Wildman–Crippen MR) is 87.5 cm³/mol. The topological polar surface area (TPSA) is 29.4 Å². The minimum Gasteiger partial charge on any atom is -0.374 e. The number of likely N-dealkylation sites (N-methyl/N-ethyl adjacent to an activating group) is 1. The van der Waals surface area contributed by atoms with Crippen LogP contribution in [0.15, 0.2) is 18.5 Å². The summed E-state index contributed by atoms with van der Waals surface area (Å²) in [5.41, 5.74) is 1.38. The third-order valence-corrected chi connectivity index (χ3v) is 4.31. The van der Waals surface area contributed by atoms with Crippen molar-refractivity contribution in [1.29, 1.82) is 0 Å². The van der Waals surface area contributed by atoms with Crippen LogP contribution in [0, 0.1) is 5.92 Å². The molecule has 21 heavy (non-hydrogen) atoms. The van der Waals surface area contributed by atoms with E-state index in [0.717, 1.165) is 39.3 Å². The molecule has 1 aliphatic heterocycles. The van der Waals surface area contributed by atoms with Crippen LogP contribution in [0.1, 0.15) is 39.3 Å². The average molecular weight is 293 g/mol. The Morgan fingerprint density at radius 2 is 2.19 bits per heavy atom. The highest BCUT2D eigenvalue weighted by molar-refractivity contribution is 5.16. The quantitative estimate of drug-likeness (QED) is 0.837. The van der Waals surface area contributed by atoms with Crippen molar-refractivity contribution in [3.63, 3.8) is 0 Å². The lowest BCUT2D eigenvalue weighted by atomic mass is 9.98. The van der Waals surface area contributed by atoms with E-state index in [4.69, 9.17) is 4.74 Å². The van der Waals surface area contributed by atoms with Crippen LogP contribution in [0.3, 0.4) is 0 Å². The van der Waals surface area contributed by atoms with Crippen LogP contribution in [0.25, 0.3) is 0 Å². The molecule has 2 heterocycles. The van der Waals surface area contributed by atoms with Gasteiger partial charge in [0, 0.05) is 38.1 Å². The fraction of sp³-hybridized carbons (Fsp3) is 0.765. The number of morpholine rings is 1. The zero-order chi connectivity index (χ0) is 15.2. The summed E-state index contributed by atoms with van der Waals surface area (Å²) in [7, 11) is 0. The van der Waals surface area contributed by atoms with Crippen molar-refractivity contribution in [3.05, 3.63) is 24.0 Å². The lowest BCUT2D eigenvalue weighted by Gasteiger charge is -2.32. The Bertz CT molecular complexity index is 416. The molecule has 0 saturated carbocycles. The number of aromatic nitrogens is 1. The molecular formula is C17H31N3O. The zero-order valence-electron chi connectivity index (χ0n) is 14.0. The molecule has 0 bridgehead atoms. The molecule has 1 aromatic rings. The van der Waals surface area contributed by atoms with Crippen molar-refractivity contribution < 1.29 is 4.74 Å². The number of hydrogen-bond acceptors (Lipinski definition) is 3. The highest BCUT2D eigenvalue weighted by Gasteiger charge is 2.20. The molecule has 1 aromatic heterocycles. The zero-order valence-corrected chi connectivity index (χ0v) is 14.0. The molecule has 0 amide bonds. The van der Waals surface area contributed by atoms with E-state index in [0.29, 0.717) is 18.1 Å². The number of nitrogens with zero attached hydrogens (tertiary/aromatic N) is 2. The Morgan fingerprint density at radius 3 is 2.86 bits per heavy atom. The third kappa shape index (κ3) is 4.56. The summed E-state index contributed by atoms with van der Waals surface area (Å²) in [6, 6.07) is 2.68. The van der Waals surface area contributed by atoms with E-state index in [2.05, 4.69) is 60.9 Å². The van der Waals surface area contributed by atoms with Gasteiger partial charge in [0.1, 0.15) is 0 Å². The van der Waals surface area contributed by atoms with Crippen molar-refractivity contribution >= 4 is 0 Å². The molecule has 1 fully saturated rings. The van der Waals surface area contributed by atoms with Crippen molar-refractivity contribution in [1.82, 2.24) is 14.8 Å².